The molecule has 0 aliphatic carbocycles. The summed E-state index contributed by atoms with van der Waals surface area (Å²) in [4.78, 5) is 12.3. The third-order valence-electron chi connectivity index (χ3n) is 2.92. The van der Waals surface area contributed by atoms with Gasteiger partial charge in [-0.25, -0.2) is 0 Å². The van der Waals surface area contributed by atoms with Crippen LogP contribution in [0.3, 0.4) is 0 Å². The number of aryl methyl sites for hydroxylation is 2. The largest absolute Gasteiger partial charge is 0.410 e. The molecule has 2 rings (SSSR count). The lowest BCUT2D eigenvalue weighted by molar-refractivity contribution is 0.106. The summed E-state index contributed by atoms with van der Waals surface area (Å²) in [6.07, 6.45) is 0. The molecule has 0 aliphatic heterocycles. The number of rotatable bonds is 3. The van der Waals surface area contributed by atoms with Crippen LogP contribution in [0.5, 0.6) is 0 Å². The van der Waals surface area contributed by atoms with E-state index in [0.717, 1.165) is 11.1 Å². The lowest BCUT2D eigenvalue weighted by Crippen LogP contribution is -2.16. The van der Waals surface area contributed by atoms with Gasteiger partial charge in [0.05, 0.1) is 0 Å². The number of carbonyl (C=O) groups excluding carboxylic acids is 1. The van der Waals surface area contributed by atoms with E-state index in [1.165, 1.54) is 0 Å². The maximum atomic E-state index is 12.3. The highest BCUT2D eigenvalue weighted by atomic mass is 16.4. The molecule has 2 aromatic rings. The van der Waals surface area contributed by atoms with Crippen LogP contribution in [-0.4, -0.2) is 16.7 Å². The van der Waals surface area contributed by atoms with Gasteiger partial charge >= 0.3 is 0 Å². The van der Waals surface area contributed by atoms with E-state index in [1.54, 1.807) is 18.2 Å². The minimum absolute atomic E-state index is 0.0625. The zero-order valence-electron chi connectivity index (χ0n) is 10.9. The van der Waals surface area contributed by atoms with Crippen molar-refractivity contribution >= 4 is 11.5 Å². The fourth-order valence-electron chi connectivity index (χ4n) is 1.87. The van der Waals surface area contributed by atoms with Crippen molar-refractivity contribution in [2.75, 3.05) is 0 Å². The van der Waals surface area contributed by atoms with Crippen LogP contribution >= 0.6 is 0 Å². The van der Waals surface area contributed by atoms with Gasteiger partial charge in [0, 0.05) is 11.1 Å². The maximum absolute atomic E-state index is 12.3. The molecule has 2 aromatic carbocycles. The average molecular weight is 253 g/mol. The quantitative estimate of drug-likeness (QED) is 0.394. The van der Waals surface area contributed by atoms with E-state index in [4.69, 9.17) is 5.21 Å². The second-order valence-electron chi connectivity index (χ2n) is 4.51. The first-order valence-corrected chi connectivity index (χ1v) is 6.02. The van der Waals surface area contributed by atoms with Crippen LogP contribution in [0.25, 0.3) is 0 Å². The van der Waals surface area contributed by atoms with E-state index >= 15 is 0 Å². The van der Waals surface area contributed by atoms with Crippen LogP contribution < -0.4 is 0 Å². The molecule has 96 valence electrons. The van der Waals surface area contributed by atoms with Gasteiger partial charge in [0.2, 0.25) is 5.78 Å². The van der Waals surface area contributed by atoms with Gasteiger partial charge in [0.25, 0.3) is 0 Å². The van der Waals surface area contributed by atoms with Gasteiger partial charge in [0.15, 0.2) is 5.71 Å². The van der Waals surface area contributed by atoms with Crippen LogP contribution in [0.4, 0.5) is 0 Å². The Bertz CT molecular complexity index is 627. The summed E-state index contributed by atoms with van der Waals surface area (Å²) in [7, 11) is 0. The first-order valence-electron chi connectivity index (χ1n) is 6.02. The summed E-state index contributed by atoms with van der Waals surface area (Å²) in [5, 5.41) is 12.3. The third-order valence-corrected chi connectivity index (χ3v) is 2.92. The summed E-state index contributed by atoms with van der Waals surface area (Å²) in [6, 6.07) is 14.5. The monoisotopic (exact) mass is 253 g/mol. The molecule has 0 saturated heterocycles. The van der Waals surface area contributed by atoms with Crippen molar-refractivity contribution < 1.29 is 10.0 Å². The molecule has 0 aromatic heterocycles. The van der Waals surface area contributed by atoms with Crippen molar-refractivity contribution in [3.05, 3.63) is 70.8 Å². The summed E-state index contributed by atoms with van der Waals surface area (Å²) in [6.45, 7) is 3.88. The first-order chi connectivity index (χ1) is 9.11. The molecule has 3 nitrogen and oxygen atoms in total. The number of carbonyl (C=O) groups is 1. The zero-order chi connectivity index (χ0) is 13.8. The second kappa shape index (κ2) is 5.48. The normalized spacial score (nSPS) is 11.4. The Labute approximate surface area is 112 Å². The fraction of sp³-hybridized carbons (Fsp3) is 0.125. The van der Waals surface area contributed by atoms with Crippen molar-refractivity contribution in [1.82, 2.24) is 0 Å². The topological polar surface area (TPSA) is 49.7 Å². The molecule has 0 amide bonds. The van der Waals surface area contributed by atoms with Gasteiger partial charge in [-0.1, -0.05) is 58.7 Å². The lowest BCUT2D eigenvalue weighted by atomic mass is 9.99. The molecule has 0 fully saturated rings. The highest BCUT2D eigenvalue weighted by Gasteiger charge is 2.16. The van der Waals surface area contributed by atoms with Gasteiger partial charge in [-0.2, -0.15) is 0 Å². The van der Waals surface area contributed by atoms with Gasteiger partial charge in [-0.3, -0.25) is 4.79 Å². The van der Waals surface area contributed by atoms with Crippen molar-refractivity contribution in [2.24, 2.45) is 5.16 Å². The molecule has 0 radical (unpaired) electrons. The Kier molecular flexibility index (Phi) is 3.76. The molecular formula is C16H15NO2. The smallest absolute Gasteiger partial charge is 0.215 e. The third kappa shape index (κ3) is 2.88. The van der Waals surface area contributed by atoms with Gasteiger partial charge in [0.1, 0.15) is 0 Å². The van der Waals surface area contributed by atoms with Crippen LogP contribution in [0, 0.1) is 13.8 Å². The van der Waals surface area contributed by atoms with Crippen molar-refractivity contribution in [3.8, 4) is 0 Å². The number of hydrogen-bond donors (Lipinski definition) is 1. The molecule has 3 heteroatoms. The minimum atomic E-state index is -0.284. The first kappa shape index (κ1) is 13.0. The van der Waals surface area contributed by atoms with E-state index in [2.05, 4.69) is 5.16 Å². The molecule has 19 heavy (non-hydrogen) atoms. The predicted octanol–water partition coefficient (Wildman–Crippen LogP) is 3.36. The van der Waals surface area contributed by atoms with E-state index in [9.17, 15) is 4.79 Å². The lowest BCUT2D eigenvalue weighted by Gasteiger charge is -2.05. The van der Waals surface area contributed by atoms with Crippen LogP contribution in [0.15, 0.2) is 53.7 Å². The predicted molar refractivity (Wildman–Crippen MR) is 75.0 cm³/mol. The van der Waals surface area contributed by atoms with E-state index < -0.39 is 0 Å². The van der Waals surface area contributed by atoms with Crippen LogP contribution in [0.2, 0.25) is 0 Å². The highest BCUT2D eigenvalue weighted by Crippen LogP contribution is 2.11. The molecular weight excluding hydrogens is 238 g/mol. The Morgan fingerprint density at radius 3 is 2.21 bits per heavy atom. The highest BCUT2D eigenvalue weighted by molar-refractivity contribution is 6.51. The van der Waals surface area contributed by atoms with E-state index in [-0.39, 0.29) is 11.5 Å². The molecule has 0 aliphatic rings. The minimum Gasteiger partial charge on any atom is -0.410 e. The van der Waals surface area contributed by atoms with Gasteiger partial charge in [-0.15, -0.1) is 0 Å². The second-order valence-corrected chi connectivity index (χ2v) is 4.51. The number of oxime groups is 1. The van der Waals surface area contributed by atoms with E-state index in [0.29, 0.717) is 11.1 Å². The molecule has 1 N–H and O–H groups in total. The maximum Gasteiger partial charge on any atom is 0.215 e. The van der Waals surface area contributed by atoms with E-state index in [1.807, 2.05) is 44.2 Å². The molecule has 0 saturated carbocycles. The Hall–Kier alpha value is -2.42. The Morgan fingerprint density at radius 2 is 1.63 bits per heavy atom. The Balaban J connectivity index is 2.38. The number of nitrogens with zero attached hydrogens (tertiary/aromatic N) is 1. The summed E-state index contributed by atoms with van der Waals surface area (Å²) in [5.74, 6) is -0.284. The number of ketones is 1. The van der Waals surface area contributed by atoms with Crippen LogP contribution in [-0.2, 0) is 0 Å². The van der Waals surface area contributed by atoms with Crippen molar-refractivity contribution in [1.29, 1.82) is 0 Å². The Morgan fingerprint density at radius 1 is 0.947 bits per heavy atom. The molecule has 0 spiro atoms. The summed E-state index contributed by atoms with van der Waals surface area (Å²) in [5.41, 5.74) is 3.28. The summed E-state index contributed by atoms with van der Waals surface area (Å²) < 4.78 is 0. The van der Waals surface area contributed by atoms with Crippen molar-refractivity contribution in [2.45, 2.75) is 13.8 Å². The summed E-state index contributed by atoms with van der Waals surface area (Å²) >= 11 is 0. The average Bonchev–Trinajstić information content (AvgIpc) is 2.40. The fourth-order valence-corrected chi connectivity index (χ4v) is 1.87. The molecule has 0 unspecified atom stereocenters. The molecule has 0 atom stereocenters. The number of Topliss-reactive ketones (excluding diaryl/α,β-unsaturated/α-hetero) is 1. The zero-order valence-corrected chi connectivity index (χ0v) is 10.9. The van der Waals surface area contributed by atoms with Gasteiger partial charge < -0.3 is 5.21 Å². The molecule has 0 heterocycles. The SMILES string of the molecule is Cc1ccc(C(=O)C(=NO)c2cccc(C)c2)cc1. The number of benzene rings is 2. The number of hydrogen-bond acceptors (Lipinski definition) is 3. The van der Waals surface area contributed by atoms with Crippen LogP contribution in [0.1, 0.15) is 27.0 Å². The standard InChI is InChI=1S/C16H15NO2/c1-11-6-8-13(9-7-11)16(18)15(17-19)14-5-3-4-12(2)10-14/h3-10,19H,1-2H3. The molecule has 0 bridgehead atoms. The van der Waals surface area contributed by atoms with Crippen molar-refractivity contribution in [3.63, 3.8) is 0 Å². The van der Waals surface area contributed by atoms with Gasteiger partial charge in [-0.05, 0) is 19.9 Å².